The van der Waals surface area contributed by atoms with Crippen LogP contribution in [0.25, 0.3) is 0 Å². The van der Waals surface area contributed by atoms with E-state index in [1.165, 1.54) is 12.8 Å². The molecule has 3 unspecified atom stereocenters. The maximum atomic E-state index is 8.98. The Morgan fingerprint density at radius 1 is 1.61 bits per heavy atom. The van der Waals surface area contributed by atoms with Crippen LogP contribution in [-0.2, 0) is 0 Å². The van der Waals surface area contributed by atoms with Gasteiger partial charge in [0.2, 0.25) is 0 Å². The Bertz CT molecular complexity index is 338. The second-order valence-corrected chi connectivity index (χ2v) is 5.22. The lowest BCUT2D eigenvalue weighted by molar-refractivity contribution is 0.128. The van der Waals surface area contributed by atoms with Gasteiger partial charge >= 0.3 is 0 Å². The molecule has 1 saturated heterocycles. The predicted octanol–water partition coefficient (Wildman–Crippen LogP) is 1.90. The fourth-order valence-electron chi connectivity index (χ4n) is 3.05. The van der Waals surface area contributed by atoms with E-state index in [9.17, 15) is 0 Å². The highest BCUT2D eigenvalue weighted by Crippen LogP contribution is 2.33. The molecule has 102 valence electrons. The molecule has 0 saturated carbocycles. The number of likely N-dealkylation sites (tertiary alicyclic amines) is 1. The molecule has 1 aliphatic heterocycles. The van der Waals surface area contributed by atoms with Crippen molar-refractivity contribution in [2.24, 2.45) is 5.73 Å². The number of hydrogen-bond donors (Lipinski definition) is 2. The summed E-state index contributed by atoms with van der Waals surface area (Å²) in [5.41, 5.74) is 6.15. The molecule has 0 radical (unpaired) electrons. The molecule has 1 aromatic heterocycles. The Balaban J connectivity index is 2.10. The first-order valence-electron chi connectivity index (χ1n) is 6.89. The van der Waals surface area contributed by atoms with Crippen LogP contribution >= 0.6 is 0 Å². The van der Waals surface area contributed by atoms with Gasteiger partial charge in [0.15, 0.2) is 0 Å². The number of aliphatic hydroxyl groups excluding tert-OH is 1. The van der Waals surface area contributed by atoms with Gasteiger partial charge in [-0.2, -0.15) is 0 Å². The molecular formula is C14H24N2O2. The van der Waals surface area contributed by atoms with E-state index in [0.29, 0.717) is 6.04 Å². The summed E-state index contributed by atoms with van der Waals surface area (Å²) in [7, 11) is 0. The zero-order valence-electron chi connectivity index (χ0n) is 11.1. The van der Waals surface area contributed by atoms with E-state index >= 15 is 0 Å². The van der Waals surface area contributed by atoms with E-state index in [0.717, 1.165) is 25.1 Å². The van der Waals surface area contributed by atoms with Gasteiger partial charge in [-0.3, -0.25) is 4.90 Å². The first-order valence-corrected chi connectivity index (χ1v) is 6.89. The Hall–Kier alpha value is -0.840. The van der Waals surface area contributed by atoms with Crippen LogP contribution < -0.4 is 5.73 Å². The minimum atomic E-state index is 0.0471. The van der Waals surface area contributed by atoms with E-state index in [4.69, 9.17) is 15.3 Å². The van der Waals surface area contributed by atoms with Crippen LogP contribution in [0.4, 0.5) is 0 Å². The molecule has 4 heteroatoms. The lowest BCUT2D eigenvalue weighted by Crippen LogP contribution is -2.42. The van der Waals surface area contributed by atoms with E-state index in [2.05, 4.69) is 4.90 Å². The molecule has 18 heavy (non-hydrogen) atoms. The Labute approximate surface area is 109 Å². The van der Waals surface area contributed by atoms with Crippen LogP contribution in [0.15, 0.2) is 22.8 Å². The van der Waals surface area contributed by atoms with Gasteiger partial charge in [-0.15, -0.1) is 0 Å². The third-order valence-corrected chi connectivity index (χ3v) is 3.81. The molecule has 3 atom stereocenters. The highest BCUT2D eigenvalue weighted by molar-refractivity contribution is 5.09. The van der Waals surface area contributed by atoms with Crippen molar-refractivity contribution in [2.75, 3.05) is 13.2 Å². The van der Waals surface area contributed by atoms with Crippen LogP contribution in [0.2, 0.25) is 0 Å². The van der Waals surface area contributed by atoms with Gasteiger partial charge in [0.25, 0.3) is 0 Å². The predicted molar refractivity (Wildman–Crippen MR) is 71.1 cm³/mol. The summed E-state index contributed by atoms with van der Waals surface area (Å²) in [4.78, 5) is 2.46. The molecule has 1 fully saturated rings. The van der Waals surface area contributed by atoms with Gasteiger partial charge in [0, 0.05) is 18.7 Å². The van der Waals surface area contributed by atoms with Crippen molar-refractivity contribution >= 4 is 0 Å². The van der Waals surface area contributed by atoms with Crippen molar-refractivity contribution in [3.8, 4) is 0 Å². The molecule has 0 aliphatic carbocycles. The second-order valence-electron chi connectivity index (χ2n) is 5.22. The minimum absolute atomic E-state index is 0.0471. The fourth-order valence-corrected chi connectivity index (χ4v) is 3.05. The quantitative estimate of drug-likeness (QED) is 0.811. The SMILES string of the molecule is CC(N)C(c1ccco1)N1CCCC1CCCO. The van der Waals surface area contributed by atoms with Gasteiger partial charge in [-0.1, -0.05) is 0 Å². The van der Waals surface area contributed by atoms with Crippen molar-refractivity contribution < 1.29 is 9.52 Å². The topological polar surface area (TPSA) is 62.6 Å². The molecule has 0 bridgehead atoms. The van der Waals surface area contributed by atoms with E-state index in [1.807, 2.05) is 19.1 Å². The van der Waals surface area contributed by atoms with E-state index < -0.39 is 0 Å². The molecule has 3 N–H and O–H groups in total. The molecule has 2 heterocycles. The van der Waals surface area contributed by atoms with Crippen LogP contribution in [0.3, 0.4) is 0 Å². The van der Waals surface area contributed by atoms with Crippen LogP contribution in [0.1, 0.15) is 44.4 Å². The summed E-state index contributed by atoms with van der Waals surface area (Å²) in [6.07, 6.45) is 6.03. The zero-order chi connectivity index (χ0) is 13.0. The average Bonchev–Trinajstić information content (AvgIpc) is 2.98. The zero-order valence-corrected chi connectivity index (χ0v) is 11.1. The van der Waals surface area contributed by atoms with Crippen molar-refractivity contribution in [3.63, 3.8) is 0 Å². The molecular weight excluding hydrogens is 228 g/mol. The number of aliphatic hydroxyl groups is 1. The van der Waals surface area contributed by atoms with Crippen LogP contribution in [0, 0.1) is 0 Å². The van der Waals surface area contributed by atoms with Crippen molar-refractivity contribution in [1.29, 1.82) is 0 Å². The second kappa shape index (κ2) is 6.36. The lowest BCUT2D eigenvalue weighted by atomic mass is 10.0. The van der Waals surface area contributed by atoms with Crippen molar-refractivity contribution in [1.82, 2.24) is 4.90 Å². The summed E-state index contributed by atoms with van der Waals surface area (Å²) in [5, 5.41) is 8.98. The highest BCUT2D eigenvalue weighted by Gasteiger charge is 2.34. The van der Waals surface area contributed by atoms with Crippen LogP contribution in [0.5, 0.6) is 0 Å². The summed E-state index contributed by atoms with van der Waals surface area (Å²) in [6.45, 7) is 3.38. The molecule has 2 rings (SSSR count). The number of nitrogens with two attached hydrogens (primary N) is 1. The first-order chi connectivity index (χ1) is 8.74. The summed E-state index contributed by atoms with van der Waals surface area (Å²) in [5.74, 6) is 0.959. The molecule has 0 spiro atoms. The maximum Gasteiger partial charge on any atom is 0.122 e. The molecule has 1 aliphatic rings. The standard InChI is InChI=1S/C14H24N2O2/c1-11(15)14(13-7-4-10-18-13)16-8-2-5-12(16)6-3-9-17/h4,7,10-12,14,17H,2-3,5-6,8-9,15H2,1H3. The van der Waals surface area contributed by atoms with Gasteiger partial charge in [-0.05, 0) is 51.3 Å². The maximum absolute atomic E-state index is 8.98. The van der Waals surface area contributed by atoms with Crippen molar-refractivity contribution in [2.45, 2.75) is 50.7 Å². The van der Waals surface area contributed by atoms with E-state index in [-0.39, 0.29) is 18.7 Å². The highest BCUT2D eigenvalue weighted by atomic mass is 16.3. The lowest BCUT2D eigenvalue weighted by Gasteiger charge is -2.34. The number of furan rings is 1. The molecule has 0 aromatic carbocycles. The van der Waals surface area contributed by atoms with Gasteiger partial charge in [-0.25, -0.2) is 0 Å². The Morgan fingerprint density at radius 2 is 2.44 bits per heavy atom. The summed E-state index contributed by atoms with van der Waals surface area (Å²) < 4.78 is 5.55. The fraction of sp³-hybridized carbons (Fsp3) is 0.714. The van der Waals surface area contributed by atoms with Gasteiger partial charge in [0.05, 0.1) is 12.3 Å². The van der Waals surface area contributed by atoms with Gasteiger partial charge < -0.3 is 15.3 Å². The largest absolute Gasteiger partial charge is 0.468 e. The number of hydrogen-bond acceptors (Lipinski definition) is 4. The smallest absolute Gasteiger partial charge is 0.122 e. The number of rotatable bonds is 6. The molecule has 4 nitrogen and oxygen atoms in total. The molecule has 0 amide bonds. The third kappa shape index (κ3) is 2.94. The normalized spacial score (nSPS) is 24.3. The monoisotopic (exact) mass is 252 g/mol. The summed E-state index contributed by atoms with van der Waals surface area (Å²) in [6, 6.07) is 4.66. The Kier molecular flexibility index (Phi) is 4.80. The average molecular weight is 252 g/mol. The first kappa shape index (κ1) is 13.6. The van der Waals surface area contributed by atoms with Crippen molar-refractivity contribution in [3.05, 3.63) is 24.2 Å². The van der Waals surface area contributed by atoms with E-state index in [1.54, 1.807) is 6.26 Å². The van der Waals surface area contributed by atoms with Gasteiger partial charge in [0.1, 0.15) is 5.76 Å². The summed E-state index contributed by atoms with van der Waals surface area (Å²) >= 11 is 0. The van der Waals surface area contributed by atoms with Crippen LogP contribution in [-0.4, -0.2) is 35.2 Å². The minimum Gasteiger partial charge on any atom is -0.468 e. The number of nitrogens with zero attached hydrogens (tertiary/aromatic N) is 1. The third-order valence-electron chi connectivity index (χ3n) is 3.81. The molecule has 1 aromatic rings. The Morgan fingerprint density at radius 3 is 3.06 bits per heavy atom.